The van der Waals surface area contributed by atoms with Crippen molar-refractivity contribution < 1.29 is 14.6 Å². The summed E-state index contributed by atoms with van der Waals surface area (Å²) in [5.41, 5.74) is 1.03. The van der Waals surface area contributed by atoms with E-state index in [-0.39, 0.29) is 12.1 Å². The van der Waals surface area contributed by atoms with E-state index in [0.29, 0.717) is 27.4 Å². The summed E-state index contributed by atoms with van der Waals surface area (Å²) in [6, 6.07) is 4.85. The molecule has 0 aliphatic heterocycles. The number of rotatable bonds is 4. The Kier molecular flexibility index (Phi) is 5.85. The fourth-order valence-corrected chi connectivity index (χ4v) is 3.30. The van der Waals surface area contributed by atoms with Crippen molar-refractivity contribution in [1.82, 2.24) is 3.96 Å². The van der Waals surface area contributed by atoms with Gasteiger partial charge in [-0.1, -0.05) is 11.6 Å². The molecule has 24 heavy (non-hydrogen) atoms. The highest BCUT2D eigenvalue weighted by molar-refractivity contribution is 7.04. The van der Waals surface area contributed by atoms with Gasteiger partial charge in [-0.3, -0.25) is 8.75 Å². The standard InChI is InChI=1S/C17H21ClN2O3S/c1-17(2,3)20-10-11(7-8-21)16(24-20)19-15(22)13-9-12(18)5-6-14(13)23-4/h5-6,9-10,21H,7-8H2,1-4H3/b19-16-. The molecular formula is C17H21ClN2O3S. The third kappa shape index (κ3) is 4.26. The van der Waals surface area contributed by atoms with Crippen molar-refractivity contribution in [2.45, 2.75) is 32.7 Å². The van der Waals surface area contributed by atoms with Gasteiger partial charge in [-0.05, 0) is 56.9 Å². The zero-order valence-corrected chi connectivity index (χ0v) is 15.7. The molecule has 0 bridgehead atoms. The van der Waals surface area contributed by atoms with Crippen molar-refractivity contribution in [3.8, 4) is 5.75 Å². The molecule has 2 aromatic rings. The Morgan fingerprint density at radius 2 is 2.12 bits per heavy atom. The first-order valence-electron chi connectivity index (χ1n) is 7.52. The minimum atomic E-state index is -0.420. The molecule has 0 unspecified atom stereocenters. The van der Waals surface area contributed by atoms with Crippen molar-refractivity contribution in [2.75, 3.05) is 13.7 Å². The number of amides is 1. The first kappa shape index (κ1) is 18.7. The number of nitrogens with zero attached hydrogens (tertiary/aromatic N) is 2. The molecule has 130 valence electrons. The van der Waals surface area contributed by atoms with Gasteiger partial charge < -0.3 is 9.84 Å². The van der Waals surface area contributed by atoms with E-state index in [9.17, 15) is 9.90 Å². The number of ether oxygens (including phenoxy) is 1. The minimum Gasteiger partial charge on any atom is -0.496 e. The zero-order valence-electron chi connectivity index (χ0n) is 14.2. The number of aliphatic hydroxyl groups is 1. The average molecular weight is 369 g/mol. The molecule has 0 radical (unpaired) electrons. The Morgan fingerprint density at radius 3 is 2.71 bits per heavy atom. The van der Waals surface area contributed by atoms with Crippen molar-refractivity contribution in [1.29, 1.82) is 0 Å². The van der Waals surface area contributed by atoms with Crippen molar-refractivity contribution in [3.05, 3.63) is 45.2 Å². The van der Waals surface area contributed by atoms with Crippen LogP contribution in [0.2, 0.25) is 5.02 Å². The second-order valence-electron chi connectivity index (χ2n) is 6.28. The number of aliphatic hydroxyl groups excluding tert-OH is 1. The van der Waals surface area contributed by atoms with Crippen LogP contribution in [0.15, 0.2) is 29.4 Å². The number of hydrogen-bond donors (Lipinski definition) is 1. The molecule has 7 heteroatoms. The average Bonchev–Trinajstić information content (AvgIpc) is 2.90. The topological polar surface area (TPSA) is 63.8 Å². The molecule has 0 atom stereocenters. The Bertz CT molecular complexity index is 803. The van der Waals surface area contributed by atoms with Crippen LogP contribution in [0.5, 0.6) is 5.75 Å². The fourth-order valence-electron chi connectivity index (χ4n) is 2.09. The second-order valence-corrected chi connectivity index (χ2v) is 7.68. The van der Waals surface area contributed by atoms with E-state index >= 15 is 0 Å². The van der Waals surface area contributed by atoms with E-state index in [2.05, 4.69) is 25.8 Å². The molecule has 0 fully saturated rings. The van der Waals surface area contributed by atoms with E-state index in [1.807, 2.05) is 10.2 Å². The maximum absolute atomic E-state index is 12.6. The van der Waals surface area contributed by atoms with Crippen LogP contribution in [0, 0.1) is 0 Å². The van der Waals surface area contributed by atoms with Crippen LogP contribution in [-0.4, -0.2) is 28.7 Å². The third-order valence-electron chi connectivity index (χ3n) is 3.37. The number of hydrogen-bond acceptors (Lipinski definition) is 4. The summed E-state index contributed by atoms with van der Waals surface area (Å²) in [6.07, 6.45) is 2.38. The number of methoxy groups -OCH3 is 1. The minimum absolute atomic E-state index is 0.00191. The Hall–Kier alpha value is -1.63. The summed E-state index contributed by atoms with van der Waals surface area (Å²) < 4.78 is 7.83. The van der Waals surface area contributed by atoms with Crippen LogP contribution in [0.3, 0.4) is 0 Å². The SMILES string of the molecule is COc1ccc(Cl)cc1C(=O)/N=c1\sn(C(C)(C)C)cc1CCO. The number of carbonyl (C=O) groups is 1. The Labute approximate surface area is 150 Å². The van der Waals surface area contributed by atoms with Crippen molar-refractivity contribution in [2.24, 2.45) is 4.99 Å². The largest absolute Gasteiger partial charge is 0.496 e. The molecule has 1 aromatic carbocycles. The van der Waals surface area contributed by atoms with E-state index in [4.69, 9.17) is 16.3 Å². The first-order chi connectivity index (χ1) is 11.3. The lowest BCUT2D eigenvalue weighted by Gasteiger charge is -2.19. The molecule has 0 spiro atoms. The number of aromatic nitrogens is 1. The Morgan fingerprint density at radius 1 is 1.42 bits per heavy atom. The summed E-state index contributed by atoms with van der Waals surface area (Å²) in [6.45, 7) is 6.20. The van der Waals surface area contributed by atoms with Gasteiger partial charge in [0.1, 0.15) is 10.4 Å². The molecule has 1 N–H and O–H groups in total. The summed E-state index contributed by atoms with van der Waals surface area (Å²) in [5, 5.41) is 9.70. The maximum atomic E-state index is 12.6. The van der Waals surface area contributed by atoms with Gasteiger partial charge in [0.05, 0.1) is 12.7 Å². The predicted molar refractivity (Wildman–Crippen MR) is 96.0 cm³/mol. The molecule has 1 aromatic heterocycles. The highest BCUT2D eigenvalue weighted by atomic mass is 35.5. The van der Waals surface area contributed by atoms with E-state index < -0.39 is 5.91 Å². The van der Waals surface area contributed by atoms with Gasteiger partial charge >= 0.3 is 0 Å². The van der Waals surface area contributed by atoms with Crippen molar-refractivity contribution in [3.63, 3.8) is 0 Å². The predicted octanol–water partition coefficient (Wildman–Crippen LogP) is 3.24. The van der Waals surface area contributed by atoms with Crippen LogP contribution in [-0.2, 0) is 12.0 Å². The first-order valence-corrected chi connectivity index (χ1v) is 8.67. The lowest BCUT2D eigenvalue weighted by molar-refractivity contribution is 0.0996. The second kappa shape index (κ2) is 7.51. The van der Waals surface area contributed by atoms with Crippen LogP contribution in [0.4, 0.5) is 0 Å². The van der Waals surface area contributed by atoms with Gasteiger partial charge in [0.2, 0.25) is 0 Å². The quantitative estimate of drug-likeness (QED) is 0.901. The van der Waals surface area contributed by atoms with Crippen LogP contribution >= 0.6 is 23.1 Å². The van der Waals surface area contributed by atoms with Gasteiger partial charge in [-0.15, -0.1) is 0 Å². The fraction of sp³-hybridized carbons (Fsp3) is 0.412. The molecule has 0 aliphatic carbocycles. The molecular weight excluding hydrogens is 348 g/mol. The molecule has 5 nitrogen and oxygen atoms in total. The van der Waals surface area contributed by atoms with Gasteiger partial charge in [0, 0.05) is 28.9 Å². The lowest BCUT2D eigenvalue weighted by atomic mass is 10.1. The number of carbonyl (C=O) groups excluding carboxylic acids is 1. The van der Waals surface area contributed by atoms with Gasteiger partial charge in [-0.25, -0.2) is 0 Å². The number of halogens is 1. The van der Waals surface area contributed by atoms with E-state index in [1.54, 1.807) is 18.2 Å². The van der Waals surface area contributed by atoms with Crippen LogP contribution in [0.1, 0.15) is 36.7 Å². The lowest BCUT2D eigenvalue weighted by Crippen LogP contribution is -2.18. The molecule has 0 aliphatic rings. The molecule has 0 saturated heterocycles. The van der Waals surface area contributed by atoms with E-state index in [0.717, 1.165) is 5.56 Å². The summed E-state index contributed by atoms with van der Waals surface area (Å²) >= 11 is 7.37. The monoisotopic (exact) mass is 368 g/mol. The smallest absolute Gasteiger partial charge is 0.282 e. The third-order valence-corrected chi connectivity index (χ3v) is 4.98. The summed E-state index contributed by atoms with van der Waals surface area (Å²) in [7, 11) is 1.50. The Balaban J connectivity index is 2.52. The van der Waals surface area contributed by atoms with Crippen molar-refractivity contribution >= 4 is 29.0 Å². The number of benzene rings is 1. The van der Waals surface area contributed by atoms with E-state index in [1.165, 1.54) is 18.6 Å². The van der Waals surface area contributed by atoms with Crippen LogP contribution in [0.25, 0.3) is 0 Å². The highest BCUT2D eigenvalue weighted by Gasteiger charge is 2.17. The molecule has 2 rings (SSSR count). The highest BCUT2D eigenvalue weighted by Crippen LogP contribution is 2.23. The maximum Gasteiger partial charge on any atom is 0.282 e. The zero-order chi connectivity index (χ0) is 17.9. The summed E-state index contributed by atoms with van der Waals surface area (Å²) in [5.74, 6) is 0.00793. The van der Waals surface area contributed by atoms with Gasteiger partial charge in [-0.2, -0.15) is 4.99 Å². The van der Waals surface area contributed by atoms with Crippen LogP contribution < -0.4 is 9.41 Å². The molecule has 1 heterocycles. The molecule has 0 saturated carbocycles. The summed E-state index contributed by atoms with van der Waals surface area (Å²) in [4.78, 5) is 16.8. The normalized spacial score (nSPS) is 12.5. The molecule has 1 amide bonds. The van der Waals surface area contributed by atoms with Gasteiger partial charge in [0.25, 0.3) is 5.91 Å². The van der Waals surface area contributed by atoms with Gasteiger partial charge in [0.15, 0.2) is 0 Å².